The highest BCUT2D eigenvalue weighted by Gasteiger charge is 2.16. The molecule has 0 heterocycles. The van der Waals surface area contributed by atoms with E-state index in [4.69, 9.17) is 0 Å². The van der Waals surface area contributed by atoms with Crippen molar-refractivity contribution in [1.29, 1.82) is 0 Å². The van der Waals surface area contributed by atoms with Gasteiger partial charge in [-0.3, -0.25) is 4.79 Å². The summed E-state index contributed by atoms with van der Waals surface area (Å²) in [7, 11) is -3.54. The van der Waals surface area contributed by atoms with Gasteiger partial charge < -0.3 is 5.32 Å². The molecule has 0 bridgehead atoms. The largest absolute Gasteiger partial charge is 0.326 e. The zero-order valence-electron chi connectivity index (χ0n) is 14.1. The van der Waals surface area contributed by atoms with Crippen LogP contribution in [0.1, 0.15) is 25.8 Å². The van der Waals surface area contributed by atoms with Crippen LogP contribution in [0.2, 0.25) is 0 Å². The summed E-state index contributed by atoms with van der Waals surface area (Å²) >= 11 is 3.35. The number of anilines is 1. The molecule has 0 aromatic heterocycles. The molecule has 25 heavy (non-hydrogen) atoms. The maximum Gasteiger partial charge on any atom is 0.240 e. The van der Waals surface area contributed by atoms with Crippen LogP contribution in [0.25, 0.3) is 0 Å². The van der Waals surface area contributed by atoms with Crippen LogP contribution in [0.5, 0.6) is 0 Å². The minimum Gasteiger partial charge on any atom is -0.326 e. The molecule has 0 aliphatic rings. The molecule has 1 amide bonds. The molecule has 0 fully saturated rings. The normalized spacial score (nSPS) is 12.6. The third kappa shape index (κ3) is 5.95. The summed E-state index contributed by atoms with van der Waals surface area (Å²) in [6, 6.07) is 13.5. The van der Waals surface area contributed by atoms with Crippen LogP contribution in [-0.2, 0) is 21.2 Å². The average Bonchev–Trinajstić information content (AvgIpc) is 2.57. The van der Waals surface area contributed by atoms with E-state index in [1.165, 1.54) is 12.1 Å². The molecular weight excluding hydrogens is 404 g/mol. The molecule has 0 saturated carbocycles. The molecule has 2 aromatic carbocycles. The van der Waals surface area contributed by atoms with Gasteiger partial charge in [-0.2, -0.15) is 0 Å². The van der Waals surface area contributed by atoms with Crippen LogP contribution >= 0.6 is 15.9 Å². The fourth-order valence-corrected chi connectivity index (χ4v) is 3.72. The molecule has 0 aliphatic carbocycles. The molecule has 1 unspecified atom stereocenters. The molecule has 134 valence electrons. The molecule has 2 rings (SSSR count). The number of carbonyl (C=O) groups is 1. The fraction of sp³-hybridized carbons (Fsp3) is 0.278. The van der Waals surface area contributed by atoms with E-state index in [0.29, 0.717) is 12.1 Å². The second-order valence-electron chi connectivity index (χ2n) is 5.81. The fourth-order valence-electron chi connectivity index (χ4n) is 2.13. The van der Waals surface area contributed by atoms with E-state index >= 15 is 0 Å². The molecule has 0 spiro atoms. The summed E-state index contributed by atoms with van der Waals surface area (Å²) in [4.78, 5) is 12.3. The Morgan fingerprint density at radius 1 is 1.08 bits per heavy atom. The lowest BCUT2D eigenvalue weighted by Gasteiger charge is -2.12. The Balaban J connectivity index is 2.00. The minimum atomic E-state index is -3.54. The second-order valence-corrected chi connectivity index (χ2v) is 8.44. The van der Waals surface area contributed by atoms with E-state index in [9.17, 15) is 13.2 Å². The lowest BCUT2D eigenvalue weighted by atomic mass is 10.1. The summed E-state index contributed by atoms with van der Waals surface area (Å²) in [6.45, 7) is 3.73. The standard InChI is InChI=1S/C18H21BrN2O3S/c1-3-13(2)21-25(23,24)17-10-8-16(9-11-17)20-18(22)12-14-4-6-15(19)7-5-14/h4-11,13,21H,3,12H2,1-2H3,(H,20,22). The quantitative estimate of drug-likeness (QED) is 0.710. The summed E-state index contributed by atoms with van der Waals surface area (Å²) < 4.78 is 28.0. The Hall–Kier alpha value is -1.70. The van der Waals surface area contributed by atoms with Crippen molar-refractivity contribution < 1.29 is 13.2 Å². The van der Waals surface area contributed by atoms with Crippen LogP contribution in [0, 0.1) is 0 Å². The van der Waals surface area contributed by atoms with Crippen LogP contribution in [0.4, 0.5) is 5.69 Å². The Morgan fingerprint density at radius 2 is 1.68 bits per heavy atom. The summed E-state index contributed by atoms with van der Waals surface area (Å²) in [6.07, 6.45) is 0.965. The van der Waals surface area contributed by atoms with Gasteiger partial charge in [0.25, 0.3) is 0 Å². The lowest BCUT2D eigenvalue weighted by molar-refractivity contribution is -0.115. The molecular formula is C18H21BrN2O3S. The number of sulfonamides is 1. The van der Waals surface area contributed by atoms with Crippen molar-refractivity contribution in [2.75, 3.05) is 5.32 Å². The van der Waals surface area contributed by atoms with Gasteiger partial charge in [-0.05, 0) is 55.3 Å². The average molecular weight is 425 g/mol. The number of nitrogens with one attached hydrogen (secondary N) is 2. The molecule has 2 aromatic rings. The van der Waals surface area contributed by atoms with E-state index in [1.807, 2.05) is 38.1 Å². The van der Waals surface area contributed by atoms with Crippen molar-refractivity contribution in [2.45, 2.75) is 37.6 Å². The first-order chi connectivity index (χ1) is 11.8. The van der Waals surface area contributed by atoms with Crippen molar-refractivity contribution in [2.24, 2.45) is 0 Å². The SMILES string of the molecule is CCC(C)NS(=O)(=O)c1ccc(NC(=O)Cc2ccc(Br)cc2)cc1. The van der Waals surface area contributed by atoms with Gasteiger partial charge in [0.2, 0.25) is 15.9 Å². The van der Waals surface area contributed by atoms with Crippen LogP contribution in [0.3, 0.4) is 0 Å². The van der Waals surface area contributed by atoms with Crippen LogP contribution in [0.15, 0.2) is 57.9 Å². The second kappa shape index (κ2) is 8.60. The Labute approximate surface area is 157 Å². The van der Waals surface area contributed by atoms with Crippen molar-refractivity contribution in [1.82, 2.24) is 4.72 Å². The van der Waals surface area contributed by atoms with Crippen molar-refractivity contribution in [3.8, 4) is 0 Å². The highest BCUT2D eigenvalue weighted by molar-refractivity contribution is 9.10. The van der Waals surface area contributed by atoms with E-state index in [0.717, 1.165) is 10.0 Å². The predicted octanol–water partition coefficient (Wildman–Crippen LogP) is 3.71. The molecule has 2 N–H and O–H groups in total. The van der Waals surface area contributed by atoms with Gasteiger partial charge in [-0.25, -0.2) is 13.1 Å². The first-order valence-electron chi connectivity index (χ1n) is 7.97. The van der Waals surface area contributed by atoms with Gasteiger partial charge in [-0.1, -0.05) is 35.0 Å². The summed E-state index contributed by atoms with van der Waals surface area (Å²) in [5.41, 5.74) is 1.46. The number of hydrogen-bond acceptors (Lipinski definition) is 3. The Morgan fingerprint density at radius 3 is 2.24 bits per heavy atom. The zero-order chi connectivity index (χ0) is 18.4. The smallest absolute Gasteiger partial charge is 0.240 e. The van der Waals surface area contributed by atoms with Gasteiger partial charge in [0.15, 0.2) is 0 Å². The molecule has 1 atom stereocenters. The maximum atomic E-state index is 12.2. The van der Waals surface area contributed by atoms with Crippen LogP contribution in [-0.4, -0.2) is 20.4 Å². The molecule has 0 radical (unpaired) electrons. The predicted molar refractivity (Wildman–Crippen MR) is 103 cm³/mol. The number of halogens is 1. The zero-order valence-corrected chi connectivity index (χ0v) is 16.5. The van der Waals surface area contributed by atoms with Crippen molar-refractivity contribution in [3.05, 3.63) is 58.6 Å². The third-order valence-electron chi connectivity index (χ3n) is 3.70. The van der Waals surface area contributed by atoms with Crippen LogP contribution < -0.4 is 10.0 Å². The molecule has 0 saturated heterocycles. The first kappa shape index (κ1) is 19.6. The summed E-state index contributed by atoms with van der Waals surface area (Å²) in [5.74, 6) is -0.157. The summed E-state index contributed by atoms with van der Waals surface area (Å²) in [5, 5.41) is 2.77. The van der Waals surface area contributed by atoms with Gasteiger partial charge in [-0.15, -0.1) is 0 Å². The third-order valence-corrected chi connectivity index (χ3v) is 5.83. The molecule has 7 heteroatoms. The first-order valence-corrected chi connectivity index (χ1v) is 10.2. The monoisotopic (exact) mass is 424 g/mol. The van der Waals surface area contributed by atoms with Crippen molar-refractivity contribution in [3.63, 3.8) is 0 Å². The van der Waals surface area contributed by atoms with E-state index in [-0.39, 0.29) is 23.3 Å². The molecule has 0 aliphatic heterocycles. The van der Waals surface area contributed by atoms with Crippen molar-refractivity contribution >= 4 is 37.5 Å². The number of hydrogen-bond donors (Lipinski definition) is 2. The van der Waals surface area contributed by atoms with E-state index in [2.05, 4.69) is 26.0 Å². The number of rotatable bonds is 7. The highest BCUT2D eigenvalue weighted by atomic mass is 79.9. The number of benzene rings is 2. The van der Waals surface area contributed by atoms with Gasteiger partial charge >= 0.3 is 0 Å². The van der Waals surface area contributed by atoms with Gasteiger partial charge in [0, 0.05) is 16.2 Å². The minimum absolute atomic E-state index is 0.129. The topological polar surface area (TPSA) is 75.3 Å². The van der Waals surface area contributed by atoms with E-state index < -0.39 is 10.0 Å². The van der Waals surface area contributed by atoms with E-state index in [1.54, 1.807) is 12.1 Å². The Kier molecular flexibility index (Phi) is 6.75. The number of carbonyl (C=O) groups excluding carboxylic acids is 1. The number of amides is 1. The molecule has 5 nitrogen and oxygen atoms in total. The maximum absolute atomic E-state index is 12.2. The van der Waals surface area contributed by atoms with Gasteiger partial charge in [0.05, 0.1) is 11.3 Å². The van der Waals surface area contributed by atoms with Gasteiger partial charge in [0.1, 0.15) is 0 Å². The Bertz CT molecular complexity index is 818. The highest BCUT2D eigenvalue weighted by Crippen LogP contribution is 2.16. The lowest BCUT2D eigenvalue weighted by Crippen LogP contribution is -2.31.